The summed E-state index contributed by atoms with van der Waals surface area (Å²) >= 11 is 0. The van der Waals surface area contributed by atoms with Crippen LogP contribution in [0.25, 0.3) is 0 Å². The quantitative estimate of drug-likeness (QED) is 0.0699. The maximum atomic E-state index is 8.62. The molecule has 0 radical (unpaired) electrons. The van der Waals surface area contributed by atoms with Crippen LogP contribution in [0, 0.1) is 0 Å². The number of rotatable bonds is 89. The minimum absolute atomic E-state index is 0.0181. The summed E-state index contributed by atoms with van der Waals surface area (Å²) in [6, 6.07) is 0. The number of aliphatic hydroxyl groups excluding tert-OH is 1. The van der Waals surface area contributed by atoms with Crippen molar-refractivity contribution < 1.29 is 124 Å². The largest absolute Gasteiger partial charge is 0.394 e. The van der Waals surface area contributed by atoms with Crippen LogP contribution >= 0.6 is 0 Å². The zero-order valence-electron chi connectivity index (χ0n) is 57.6. The Hall–Kier alpha value is -1.04. The lowest BCUT2D eigenvalue weighted by molar-refractivity contribution is -0.0321. The van der Waals surface area contributed by atoms with Crippen molar-refractivity contribution in [3.63, 3.8) is 0 Å². The molecule has 554 valence electrons. The summed E-state index contributed by atoms with van der Waals surface area (Å²) in [6.45, 7) is 27.5. The maximum Gasteiger partial charge on any atom is 0.0701 e. The summed E-state index contributed by atoms with van der Waals surface area (Å²) in [6.07, 6.45) is 19.2. The normalized spacial score (nSPS) is 11.8. The number of unbranched alkanes of at least 4 members (excludes halogenated alkanes) is 13. The predicted molar refractivity (Wildman–Crippen MR) is 348 cm³/mol. The molecule has 0 unspecified atom stereocenters. The van der Waals surface area contributed by atoms with Crippen molar-refractivity contribution in [2.45, 2.75) is 96.8 Å². The van der Waals surface area contributed by atoms with Crippen molar-refractivity contribution in [1.29, 1.82) is 0 Å². The van der Waals surface area contributed by atoms with E-state index in [4.69, 9.17) is 124 Å². The maximum absolute atomic E-state index is 8.62. The third-order valence-electron chi connectivity index (χ3n) is 12.8. The van der Waals surface area contributed by atoms with Gasteiger partial charge in [-0.1, -0.05) is 90.4 Å². The first-order valence-electron chi connectivity index (χ1n) is 35.0. The molecule has 0 fully saturated rings. The minimum atomic E-state index is 0.0181. The number of hydrogen-bond donors (Lipinski definition) is 1. The first-order valence-corrected chi connectivity index (χ1v) is 35.0. The van der Waals surface area contributed by atoms with Crippen LogP contribution in [0.2, 0.25) is 0 Å². The molecule has 92 heavy (non-hydrogen) atoms. The average molecular weight is 1340 g/mol. The summed E-state index contributed by atoms with van der Waals surface area (Å²) in [5.74, 6) is 0. The second-order valence-corrected chi connectivity index (χ2v) is 20.6. The standard InChI is InChI=1S/C66H134O26/c1-2-3-4-5-6-7-8-9-10-11-12-13-14-15-17-68-19-21-70-23-25-72-27-29-74-31-33-76-35-37-78-39-41-80-43-45-82-47-49-84-51-53-86-55-57-88-59-61-90-63-65-92-66-64-91-62-60-89-58-56-87-54-52-85-50-48-83-46-44-81-42-40-79-38-36-77-34-32-75-30-28-73-26-24-71-22-20-69-18-16-67/h67H,2-66H2,1H3. The van der Waals surface area contributed by atoms with Gasteiger partial charge >= 0.3 is 0 Å². The predicted octanol–water partition coefficient (Wildman–Crippen LogP) is 5.88. The van der Waals surface area contributed by atoms with Crippen molar-refractivity contribution in [2.24, 2.45) is 0 Å². The Morgan fingerprint density at radius 2 is 0.217 bits per heavy atom. The van der Waals surface area contributed by atoms with Crippen LogP contribution < -0.4 is 0 Å². The Bertz CT molecular complexity index is 1160. The number of hydrogen-bond acceptors (Lipinski definition) is 26. The molecule has 0 saturated heterocycles. The Labute approximate surface area is 555 Å². The first kappa shape index (κ1) is 91.0. The summed E-state index contributed by atoms with van der Waals surface area (Å²) in [4.78, 5) is 0. The van der Waals surface area contributed by atoms with Gasteiger partial charge in [0.1, 0.15) is 0 Å². The van der Waals surface area contributed by atoms with Crippen LogP contribution in [0.3, 0.4) is 0 Å². The molecule has 0 rings (SSSR count). The fourth-order valence-electron chi connectivity index (χ4n) is 7.84. The molecule has 0 aliphatic heterocycles. The molecule has 0 aliphatic rings. The third-order valence-corrected chi connectivity index (χ3v) is 12.8. The minimum Gasteiger partial charge on any atom is -0.394 e. The smallest absolute Gasteiger partial charge is 0.0701 e. The van der Waals surface area contributed by atoms with E-state index >= 15 is 0 Å². The molecule has 0 aromatic heterocycles. The van der Waals surface area contributed by atoms with Crippen molar-refractivity contribution in [1.82, 2.24) is 0 Å². The molecule has 1 N–H and O–H groups in total. The summed E-state index contributed by atoms with van der Waals surface area (Å²) in [5, 5.41) is 8.62. The summed E-state index contributed by atoms with van der Waals surface area (Å²) in [7, 11) is 0. The van der Waals surface area contributed by atoms with Crippen LogP contribution in [-0.2, 0) is 118 Å². The van der Waals surface area contributed by atoms with E-state index in [1.807, 2.05) is 0 Å². The van der Waals surface area contributed by atoms with Gasteiger partial charge in [-0.3, -0.25) is 0 Å². The Balaban J connectivity index is 3.09. The van der Waals surface area contributed by atoms with E-state index in [2.05, 4.69) is 6.92 Å². The highest BCUT2D eigenvalue weighted by Gasteiger charge is 2.02. The van der Waals surface area contributed by atoms with Crippen LogP contribution in [0.4, 0.5) is 0 Å². The highest BCUT2D eigenvalue weighted by molar-refractivity contribution is 4.50. The van der Waals surface area contributed by atoms with Gasteiger partial charge in [0, 0.05) is 6.61 Å². The van der Waals surface area contributed by atoms with E-state index in [9.17, 15) is 0 Å². The van der Waals surface area contributed by atoms with Crippen LogP contribution in [0.15, 0.2) is 0 Å². The lowest BCUT2D eigenvalue weighted by Crippen LogP contribution is -2.16. The molecule has 0 aromatic carbocycles. The highest BCUT2D eigenvalue weighted by Crippen LogP contribution is 2.13. The molecule has 0 spiro atoms. The van der Waals surface area contributed by atoms with Crippen LogP contribution in [0.1, 0.15) is 96.8 Å². The van der Waals surface area contributed by atoms with E-state index < -0.39 is 0 Å². The average Bonchev–Trinajstić information content (AvgIpc) is 3.57. The molecule has 0 aromatic rings. The van der Waals surface area contributed by atoms with Gasteiger partial charge in [-0.05, 0) is 6.42 Å². The third kappa shape index (κ3) is 89.0. The fraction of sp³-hybridized carbons (Fsp3) is 1.00. The van der Waals surface area contributed by atoms with Crippen molar-refractivity contribution in [3.8, 4) is 0 Å². The highest BCUT2D eigenvalue weighted by atomic mass is 16.6. The van der Waals surface area contributed by atoms with Crippen molar-refractivity contribution in [3.05, 3.63) is 0 Å². The second-order valence-electron chi connectivity index (χ2n) is 20.6. The van der Waals surface area contributed by atoms with Gasteiger partial charge in [0.05, 0.1) is 330 Å². The van der Waals surface area contributed by atoms with E-state index in [-0.39, 0.29) is 6.61 Å². The number of aliphatic hydroxyl groups is 1. The monoisotopic (exact) mass is 1340 g/mol. The molecule has 26 heteroatoms. The van der Waals surface area contributed by atoms with Gasteiger partial charge in [-0.2, -0.15) is 0 Å². The Morgan fingerprint density at radius 3 is 0.337 bits per heavy atom. The van der Waals surface area contributed by atoms with Crippen LogP contribution in [-0.4, -0.2) is 342 Å². The van der Waals surface area contributed by atoms with Crippen molar-refractivity contribution in [2.75, 3.05) is 337 Å². The molecule has 0 heterocycles. The fourth-order valence-corrected chi connectivity index (χ4v) is 7.84. The van der Waals surface area contributed by atoms with Gasteiger partial charge in [-0.15, -0.1) is 0 Å². The van der Waals surface area contributed by atoms with Gasteiger partial charge in [-0.25, -0.2) is 0 Å². The Kier molecular flexibility index (Phi) is 88.9. The SMILES string of the molecule is CCCCCCCCCCCCCCCCOCCOCCOCCOCCOCCOCCOCCOCCOCCOCCOCCOCCOCCOCCOCCOCCOCCOCCOCCOCCOCCOCCOCCOCCOCCO. The lowest BCUT2D eigenvalue weighted by Gasteiger charge is -2.09. The first-order chi connectivity index (χ1) is 45.9. The molecule has 0 amide bonds. The van der Waals surface area contributed by atoms with Gasteiger partial charge in [0.15, 0.2) is 0 Å². The zero-order valence-corrected chi connectivity index (χ0v) is 57.6. The van der Waals surface area contributed by atoms with Gasteiger partial charge in [0.2, 0.25) is 0 Å². The molecule has 0 saturated carbocycles. The van der Waals surface area contributed by atoms with E-state index in [0.717, 1.165) is 13.0 Å². The number of ether oxygens (including phenoxy) is 25. The lowest BCUT2D eigenvalue weighted by atomic mass is 10.0. The summed E-state index contributed by atoms with van der Waals surface area (Å²) in [5.41, 5.74) is 0. The van der Waals surface area contributed by atoms with Gasteiger partial charge < -0.3 is 124 Å². The topological polar surface area (TPSA) is 251 Å². The Morgan fingerprint density at radius 1 is 0.120 bits per heavy atom. The second kappa shape index (κ2) is 90.0. The molecular weight excluding hydrogens is 1210 g/mol. The summed E-state index contributed by atoms with van der Waals surface area (Å²) < 4.78 is 138. The molecule has 0 atom stereocenters. The van der Waals surface area contributed by atoms with Gasteiger partial charge in [0.25, 0.3) is 0 Å². The van der Waals surface area contributed by atoms with E-state index in [1.54, 1.807) is 0 Å². The van der Waals surface area contributed by atoms with Crippen LogP contribution in [0.5, 0.6) is 0 Å². The molecule has 0 aliphatic carbocycles. The molecular formula is C66H134O26. The van der Waals surface area contributed by atoms with E-state index in [0.29, 0.717) is 324 Å². The zero-order chi connectivity index (χ0) is 65.6. The molecule has 26 nitrogen and oxygen atoms in total. The van der Waals surface area contributed by atoms with E-state index in [1.165, 1.54) is 83.5 Å². The van der Waals surface area contributed by atoms with Crippen molar-refractivity contribution >= 4 is 0 Å². The molecule has 0 bridgehead atoms.